The van der Waals surface area contributed by atoms with Crippen LogP contribution in [0.4, 0.5) is 0 Å². The minimum Gasteiger partial charge on any atom is -0.259 e. The van der Waals surface area contributed by atoms with Crippen molar-refractivity contribution in [3.8, 4) is 0 Å². The Bertz CT molecular complexity index is 416. The third-order valence-corrected chi connectivity index (χ3v) is 4.27. The monoisotopic (exact) mass is 236 g/mol. The molecule has 0 amide bonds. The molecule has 0 unspecified atom stereocenters. The second kappa shape index (κ2) is 4.77. The van der Waals surface area contributed by atoms with Gasteiger partial charge in [0.05, 0.1) is 21.6 Å². The Kier molecular flexibility index (Phi) is 3.38. The van der Waals surface area contributed by atoms with E-state index >= 15 is 0 Å². The van der Waals surface area contributed by atoms with Crippen LogP contribution in [0.2, 0.25) is 0 Å². The maximum atomic E-state index is 4.39. The number of hydrogen-bond donors (Lipinski definition) is 0. The average Bonchev–Trinajstić information content (AvgIpc) is 2.85. The summed E-state index contributed by atoms with van der Waals surface area (Å²) >= 11 is 3.44. The van der Waals surface area contributed by atoms with Gasteiger partial charge in [-0.25, -0.2) is 0 Å². The van der Waals surface area contributed by atoms with E-state index in [1.807, 2.05) is 17.9 Å². The molecule has 2 heterocycles. The van der Waals surface area contributed by atoms with Crippen LogP contribution in [-0.4, -0.2) is 16.4 Å². The van der Waals surface area contributed by atoms with Crippen LogP contribution in [0, 0.1) is 0 Å². The summed E-state index contributed by atoms with van der Waals surface area (Å²) in [7, 11) is 0. The van der Waals surface area contributed by atoms with Crippen LogP contribution in [0.15, 0.2) is 44.8 Å². The minimum absolute atomic E-state index is 0.890. The number of rotatable bonds is 4. The van der Waals surface area contributed by atoms with Crippen LogP contribution in [0.25, 0.3) is 0 Å². The molecule has 1 aliphatic rings. The molecule has 0 N–H and O–H groups in total. The van der Waals surface area contributed by atoms with Crippen molar-refractivity contribution >= 4 is 28.8 Å². The van der Waals surface area contributed by atoms with Gasteiger partial charge in [-0.1, -0.05) is 13.5 Å². The van der Waals surface area contributed by atoms with Crippen molar-refractivity contribution in [2.24, 2.45) is 4.99 Å². The van der Waals surface area contributed by atoms with E-state index in [2.05, 4.69) is 23.5 Å². The van der Waals surface area contributed by atoms with Crippen molar-refractivity contribution in [3.63, 3.8) is 0 Å². The smallest absolute Gasteiger partial charge is 0.0803 e. The zero-order chi connectivity index (χ0) is 10.7. The van der Waals surface area contributed by atoms with Gasteiger partial charge in [-0.15, -0.1) is 23.1 Å². The molecule has 0 radical (unpaired) electrons. The van der Waals surface area contributed by atoms with E-state index in [-0.39, 0.29) is 0 Å². The molecule has 2 nitrogen and oxygen atoms in total. The van der Waals surface area contributed by atoms with Crippen molar-refractivity contribution in [1.82, 2.24) is 4.98 Å². The van der Waals surface area contributed by atoms with Gasteiger partial charge in [0.15, 0.2) is 0 Å². The van der Waals surface area contributed by atoms with Gasteiger partial charge in [-0.2, -0.15) is 0 Å². The van der Waals surface area contributed by atoms with Gasteiger partial charge in [0.1, 0.15) is 0 Å². The zero-order valence-electron chi connectivity index (χ0n) is 8.56. The Morgan fingerprint density at radius 2 is 2.40 bits per heavy atom. The van der Waals surface area contributed by atoms with Crippen molar-refractivity contribution in [2.45, 2.75) is 17.6 Å². The van der Waals surface area contributed by atoms with E-state index in [0.29, 0.717) is 0 Å². The van der Waals surface area contributed by atoms with Crippen molar-refractivity contribution in [2.75, 3.05) is 5.75 Å². The quantitative estimate of drug-likeness (QED) is 0.747. The first kappa shape index (κ1) is 10.6. The third kappa shape index (κ3) is 2.38. The van der Waals surface area contributed by atoms with Crippen LogP contribution >= 0.6 is 23.1 Å². The van der Waals surface area contributed by atoms with Gasteiger partial charge in [0, 0.05) is 12.0 Å². The highest BCUT2D eigenvalue weighted by atomic mass is 32.2. The number of allylic oxidation sites excluding steroid dienone is 2. The molecule has 0 fully saturated rings. The number of thiazole rings is 1. The van der Waals surface area contributed by atoms with Crippen LogP contribution in [-0.2, 0) is 0 Å². The summed E-state index contributed by atoms with van der Waals surface area (Å²) in [5, 5.41) is 0. The highest BCUT2D eigenvalue weighted by Gasteiger charge is 2.14. The molecular formula is C11H12N2S2. The molecular weight excluding hydrogens is 224 g/mol. The zero-order valence-corrected chi connectivity index (χ0v) is 10.2. The number of aliphatic imine (C=N–C) groups is 1. The molecule has 0 atom stereocenters. The van der Waals surface area contributed by atoms with Gasteiger partial charge < -0.3 is 0 Å². The predicted octanol–water partition coefficient (Wildman–Crippen LogP) is 3.54. The molecule has 0 aliphatic carbocycles. The molecule has 1 aromatic heterocycles. The molecule has 0 bridgehead atoms. The van der Waals surface area contributed by atoms with Crippen molar-refractivity contribution in [1.29, 1.82) is 0 Å². The van der Waals surface area contributed by atoms with Gasteiger partial charge in [0.2, 0.25) is 0 Å². The molecule has 0 spiro atoms. The Labute approximate surface area is 97.8 Å². The highest BCUT2D eigenvalue weighted by Crippen LogP contribution is 2.27. The van der Waals surface area contributed by atoms with Gasteiger partial charge in [0.25, 0.3) is 0 Å². The molecule has 78 valence electrons. The number of hydrogen-bond acceptors (Lipinski definition) is 4. The normalized spacial score (nSPS) is 15.4. The minimum atomic E-state index is 0.890. The van der Waals surface area contributed by atoms with Crippen LogP contribution in [0.3, 0.4) is 0 Å². The van der Waals surface area contributed by atoms with Crippen molar-refractivity contribution < 1.29 is 0 Å². The number of thioether (sulfide) groups is 1. The highest BCUT2D eigenvalue weighted by molar-refractivity contribution is 8.01. The van der Waals surface area contributed by atoms with E-state index in [0.717, 1.165) is 23.5 Å². The van der Waals surface area contributed by atoms with E-state index in [1.54, 1.807) is 23.1 Å². The summed E-state index contributed by atoms with van der Waals surface area (Å²) in [6, 6.07) is 0. The fourth-order valence-electron chi connectivity index (χ4n) is 1.34. The SMILES string of the molecule is C=C1C(CC)=CN=C1CSc1cncs1. The Hall–Kier alpha value is -0.870. The summed E-state index contributed by atoms with van der Waals surface area (Å²) < 4.78 is 1.23. The first-order chi connectivity index (χ1) is 7.31. The summed E-state index contributed by atoms with van der Waals surface area (Å²) in [4.78, 5) is 8.43. The third-order valence-electron chi connectivity index (χ3n) is 2.25. The average molecular weight is 236 g/mol. The van der Waals surface area contributed by atoms with Crippen LogP contribution in [0.1, 0.15) is 13.3 Å². The van der Waals surface area contributed by atoms with Gasteiger partial charge in [-0.3, -0.25) is 9.98 Å². The fraction of sp³-hybridized carbons (Fsp3) is 0.273. The summed E-state index contributed by atoms with van der Waals surface area (Å²) in [6.07, 6.45) is 4.84. The lowest BCUT2D eigenvalue weighted by molar-refractivity contribution is 1.14. The molecule has 4 heteroatoms. The standard InChI is InChI=1S/C11H12N2S2/c1-3-9-4-13-10(8(9)2)6-14-11-5-12-7-15-11/h4-5,7H,2-3,6H2,1H3. The molecule has 0 aromatic carbocycles. The van der Waals surface area contributed by atoms with E-state index < -0.39 is 0 Å². The van der Waals surface area contributed by atoms with E-state index in [4.69, 9.17) is 0 Å². The lowest BCUT2D eigenvalue weighted by atomic mass is 10.1. The molecule has 1 aliphatic heterocycles. The van der Waals surface area contributed by atoms with E-state index in [9.17, 15) is 0 Å². The Balaban J connectivity index is 1.91. The topological polar surface area (TPSA) is 25.2 Å². The molecule has 0 saturated carbocycles. The molecule has 0 saturated heterocycles. The largest absolute Gasteiger partial charge is 0.259 e. The Morgan fingerprint density at radius 1 is 1.53 bits per heavy atom. The van der Waals surface area contributed by atoms with Crippen LogP contribution in [0.5, 0.6) is 0 Å². The molecule has 1 aromatic rings. The number of nitrogens with zero attached hydrogens (tertiary/aromatic N) is 2. The Morgan fingerprint density at radius 3 is 3.00 bits per heavy atom. The maximum absolute atomic E-state index is 4.39. The first-order valence-corrected chi connectivity index (χ1v) is 6.64. The summed E-state index contributed by atoms with van der Waals surface area (Å²) in [6.45, 7) is 6.19. The van der Waals surface area contributed by atoms with E-state index in [1.165, 1.54) is 9.78 Å². The van der Waals surface area contributed by atoms with Gasteiger partial charge >= 0.3 is 0 Å². The summed E-state index contributed by atoms with van der Waals surface area (Å²) in [5.74, 6) is 0.890. The molecule has 15 heavy (non-hydrogen) atoms. The summed E-state index contributed by atoms with van der Waals surface area (Å²) in [5.41, 5.74) is 5.32. The molecule has 2 rings (SSSR count). The lowest BCUT2D eigenvalue weighted by Gasteiger charge is -2.03. The second-order valence-corrected chi connectivity index (χ2v) is 5.33. The number of aromatic nitrogens is 1. The van der Waals surface area contributed by atoms with Crippen molar-refractivity contribution in [3.05, 3.63) is 35.6 Å². The second-order valence-electron chi connectivity index (χ2n) is 3.17. The fourth-order valence-corrected chi connectivity index (χ4v) is 2.93. The predicted molar refractivity (Wildman–Crippen MR) is 67.8 cm³/mol. The maximum Gasteiger partial charge on any atom is 0.0803 e. The van der Waals surface area contributed by atoms with Gasteiger partial charge in [-0.05, 0) is 17.6 Å². The van der Waals surface area contributed by atoms with Crippen LogP contribution < -0.4 is 0 Å². The lowest BCUT2D eigenvalue weighted by Crippen LogP contribution is -2.02. The first-order valence-electron chi connectivity index (χ1n) is 4.78.